The molecule has 0 aromatic heterocycles. The molecule has 0 spiro atoms. The van der Waals surface area contributed by atoms with Crippen molar-refractivity contribution in [1.82, 2.24) is 10.6 Å². The third-order valence-electron chi connectivity index (χ3n) is 2.62. The maximum Gasteiger partial charge on any atom is 0.236 e. The van der Waals surface area contributed by atoms with Crippen molar-refractivity contribution in [3.05, 3.63) is 0 Å². The van der Waals surface area contributed by atoms with E-state index < -0.39 is 9.84 Å². The summed E-state index contributed by atoms with van der Waals surface area (Å²) in [5.41, 5.74) is 0. The van der Waals surface area contributed by atoms with E-state index in [9.17, 15) is 13.2 Å². The van der Waals surface area contributed by atoms with Gasteiger partial charge in [-0.25, -0.2) is 8.42 Å². The normalized spacial score (nSPS) is 13.3. The Balaban J connectivity index is 3.62. The molecule has 0 rings (SSSR count). The summed E-state index contributed by atoms with van der Waals surface area (Å²) in [5, 5.41) is 5.87. The minimum atomic E-state index is -2.90. The molecule has 0 saturated heterocycles. The molecule has 0 aromatic carbocycles. The van der Waals surface area contributed by atoms with Crippen molar-refractivity contribution < 1.29 is 13.2 Å². The van der Waals surface area contributed by atoms with Crippen LogP contribution < -0.4 is 10.6 Å². The quantitative estimate of drug-likeness (QED) is 0.577. The molecule has 0 fully saturated rings. The van der Waals surface area contributed by atoms with Crippen molar-refractivity contribution in [2.75, 3.05) is 25.1 Å². The van der Waals surface area contributed by atoms with Gasteiger partial charge in [0.2, 0.25) is 5.91 Å². The second kappa shape index (κ2) is 9.33. The zero-order valence-corrected chi connectivity index (χ0v) is 12.5. The largest absolute Gasteiger partial charge is 0.355 e. The van der Waals surface area contributed by atoms with Gasteiger partial charge in [0.15, 0.2) is 0 Å². The van der Waals surface area contributed by atoms with Crippen LogP contribution in [0.4, 0.5) is 0 Å². The lowest BCUT2D eigenvalue weighted by molar-refractivity contribution is -0.122. The predicted octanol–water partition coefficient (Wildman–Crippen LogP) is 0.706. The minimum absolute atomic E-state index is 0.0227. The molecule has 1 unspecified atom stereocenters. The van der Waals surface area contributed by atoms with Crippen LogP contribution >= 0.6 is 0 Å². The van der Waals surface area contributed by atoms with Gasteiger partial charge in [0.25, 0.3) is 0 Å². The molecule has 108 valence electrons. The van der Waals surface area contributed by atoms with Crippen LogP contribution in [0.5, 0.6) is 0 Å². The smallest absolute Gasteiger partial charge is 0.236 e. The van der Waals surface area contributed by atoms with Crippen LogP contribution in [-0.4, -0.2) is 45.5 Å². The van der Waals surface area contributed by atoms with Gasteiger partial charge in [-0.05, 0) is 26.3 Å². The van der Waals surface area contributed by atoms with Gasteiger partial charge in [-0.1, -0.05) is 19.8 Å². The molecule has 2 N–H and O–H groups in total. The van der Waals surface area contributed by atoms with E-state index in [0.717, 1.165) is 19.3 Å². The van der Waals surface area contributed by atoms with E-state index in [-0.39, 0.29) is 17.7 Å². The van der Waals surface area contributed by atoms with Crippen LogP contribution in [0.25, 0.3) is 0 Å². The van der Waals surface area contributed by atoms with E-state index in [4.69, 9.17) is 0 Å². The average Bonchev–Trinajstić information content (AvgIpc) is 2.28. The van der Waals surface area contributed by atoms with Gasteiger partial charge in [0.05, 0.1) is 11.8 Å². The minimum Gasteiger partial charge on any atom is -0.355 e. The van der Waals surface area contributed by atoms with E-state index in [0.29, 0.717) is 19.5 Å². The fourth-order valence-corrected chi connectivity index (χ4v) is 2.15. The van der Waals surface area contributed by atoms with Crippen molar-refractivity contribution in [1.29, 1.82) is 0 Å². The highest BCUT2D eigenvalue weighted by molar-refractivity contribution is 7.90. The summed E-state index contributed by atoms with van der Waals surface area (Å²) in [4.78, 5) is 11.6. The molecular formula is C12H26N2O3S. The summed E-state index contributed by atoms with van der Waals surface area (Å²) in [6.07, 6.45) is 5.01. The zero-order valence-electron chi connectivity index (χ0n) is 11.7. The van der Waals surface area contributed by atoms with Crippen molar-refractivity contribution in [3.8, 4) is 0 Å². The molecule has 6 heteroatoms. The Morgan fingerprint density at radius 3 is 2.39 bits per heavy atom. The van der Waals surface area contributed by atoms with Crippen molar-refractivity contribution in [3.63, 3.8) is 0 Å². The lowest BCUT2D eigenvalue weighted by Gasteiger charge is -2.13. The summed E-state index contributed by atoms with van der Waals surface area (Å²) in [5.74, 6) is 0.135. The molecular weight excluding hydrogens is 252 g/mol. The highest BCUT2D eigenvalue weighted by atomic mass is 32.2. The first kappa shape index (κ1) is 17.4. The number of rotatable bonds is 10. The van der Waals surface area contributed by atoms with Gasteiger partial charge >= 0.3 is 0 Å². The summed E-state index contributed by atoms with van der Waals surface area (Å²) in [6.45, 7) is 5.15. The number of carbonyl (C=O) groups is 1. The topological polar surface area (TPSA) is 75.3 Å². The first-order valence-corrected chi connectivity index (χ1v) is 8.61. The van der Waals surface area contributed by atoms with Gasteiger partial charge < -0.3 is 10.6 Å². The molecule has 5 nitrogen and oxygen atoms in total. The Kier molecular flexibility index (Phi) is 9.01. The Bertz CT molecular complexity index is 328. The SMILES string of the molecule is CCCCCNC(=O)C(C)NCCCS(C)(=O)=O. The number of carbonyl (C=O) groups excluding carboxylic acids is 1. The second-order valence-electron chi connectivity index (χ2n) is 4.66. The highest BCUT2D eigenvalue weighted by Crippen LogP contribution is 1.92. The lowest BCUT2D eigenvalue weighted by Crippen LogP contribution is -2.43. The number of hydrogen-bond acceptors (Lipinski definition) is 4. The molecule has 18 heavy (non-hydrogen) atoms. The maximum atomic E-state index is 11.6. The Labute approximate surface area is 111 Å². The molecule has 0 aliphatic carbocycles. The second-order valence-corrected chi connectivity index (χ2v) is 6.92. The summed E-state index contributed by atoms with van der Waals surface area (Å²) < 4.78 is 21.8. The van der Waals surface area contributed by atoms with Crippen LogP contribution in [-0.2, 0) is 14.6 Å². The van der Waals surface area contributed by atoms with Crippen LogP contribution in [0.3, 0.4) is 0 Å². The first-order valence-electron chi connectivity index (χ1n) is 6.55. The summed E-state index contributed by atoms with van der Waals surface area (Å²) in [6, 6.07) is -0.272. The van der Waals surface area contributed by atoms with Gasteiger partial charge in [0.1, 0.15) is 9.84 Å². The van der Waals surface area contributed by atoms with Gasteiger partial charge in [-0.15, -0.1) is 0 Å². The molecule has 0 aliphatic rings. The highest BCUT2D eigenvalue weighted by Gasteiger charge is 2.11. The van der Waals surface area contributed by atoms with E-state index >= 15 is 0 Å². The zero-order chi connectivity index (χ0) is 14.0. The Morgan fingerprint density at radius 2 is 1.83 bits per heavy atom. The van der Waals surface area contributed by atoms with Crippen molar-refractivity contribution in [2.45, 2.75) is 45.6 Å². The summed E-state index contributed by atoms with van der Waals surface area (Å²) >= 11 is 0. The Hall–Kier alpha value is -0.620. The lowest BCUT2D eigenvalue weighted by atomic mass is 10.2. The monoisotopic (exact) mass is 278 g/mol. The fourth-order valence-electron chi connectivity index (χ4n) is 1.49. The third-order valence-corrected chi connectivity index (χ3v) is 3.65. The van der Waals surface area contributed by atoms with E-state index in [1.165, 1.54) is 6.26 Å². The molecule has 0 bridgehead atoms. The first-order chi connectivity index (χ1) is 8.37. The summed E-state index contributed by atoms with van der Waals surface area (Å²) in [7, 11) is -2.90. The average molecular weight is 278 g/mol. The molecule has 0 aliphatic heterocycles. The molecule has 0 aromatic rings. The van der Waals surface area contributed by atoms with Crippen LogP contribution in [0.15, 0.2) is 0 Å². The molecule has 0 radical (unpaired) electrons. The molecule has 0 saturated carbocycles. The third kappa shape index (κ3) is 10.5. The molecule has 1 amide bonds. The van der Waals surface area contributed by atoms with Crippen LogP contribution in [0, 0.1) is 0 Å². The number of sulfone groups is 1. The van der Waals surface area contributed by atoms with Crippen LogP contribution in [0.2, 0.25) is 0 Å². The number of amides is 1. The van der Waals surface area contributed by atoms with E-state index in [1.54, 1.807) is 6.92 Å². The van der Waals surface area contributed by atoms with E-state index in [2.05, 4.69) is 17.6 Å². The van der Waals surface area contributed by atoms with Gasteiger partial charge in [0, 0.05) is 12.8 Å². The Morgan fingerprint density at radius 1 is 1.17 bits per heavy atom. The fraction of sp³-hybridized carbons (Fsp3) is 0.917. The predicted molar refractivity (Wildman–Crippen MR) is 74.3 cm³/mol. The van der Waals surface area contributed by atoms with Crippen LogP contribution in [0.1, 0.15) is 39.5 Å². The standard InChI is InChI=1S/C12H26N2O3S/c1-4-5-6-8-14-12(15)11(2)13-9-7-10-18(3,16)17/h11,13H,4-10H2,1-3H3,(H,14,15). The van der Waals surface area contributed by atoms with Crippen molar-refractivity contribution in [2.24, 2.45) is 0 Å². The van der Waals surface area contributed by atoms with Crippen molar-refractivity contribution >= 4 is 15.7 Å². The van der Waals surface area contributed by atoms with Gasteiger partial charge in [-0.3, -0.25) is 4.79 Å². The number of nitrogens with one attached hydrogen (secondary N) is 2. The number of hydrogen-bond donors (Lipinski definition) is 2. The van der Waals surface area contributed by atoms with Gasteiger partial charge in [-0.2, -0.15) is 0 Å². The van der Waals surface area contributed by atoms with E-state index in [1.807, 2.05) is 0 Å². The number of unbranched alkanes of at least 4 members (excludes halogenated alkanes) is 2. The molecule has 0 heterocycles. The molecule has 1 atom stereocenters. The maximum absolute atomic E-state index is 11.6.